The Morgan fingerprint density at radius 3 is 0.789 bits per heavy atom. The summed E-state index contributed by atoms with van der Waals surface area (Å²) in [4.78, 5) is 17.1. The van der Waals surface area contributed by atoms with Crippen LogP contribution in [0.25, 0.3) is 0 Å². The summed E-state index contributed by atoms with van der Waals surface area (Å²) >= 11 is 0. The van der Waals surface area contributed by atoms with Crippen molar-refractivity contribution in [1.82, 2.24) is 0 Å². The highest BCUT2D eigenvalue weighted by Crippen LogP contribution is 2.08. The maximum Gasteiger partial charge on any atom is 0.503 e. The molecule has 0 aromatic carbocycles. The van der Waals surface area contributed by atoms with E-state index in [4.69, 9.17) is 30.0 Å². The zero-order chi connectivity index (χ0) is 16.6. The maximum absolute atomic E-state index is 10.3. The molecule has 0 aromatic heterocycles. The van der Waals surface area contributed by atoms with E-state index in [1.54, 1.807) is 0 Å². The summed E-state index contributed by atoms with van der Waals surface area (Å²) in [5.41, 5.74) is 0. The van der Waals surface area contributed by atoms with Crippen molar-refractivity contribution in [1.29, 1.82) is 0 Å². The summed E-state index contributed by atoms with van der Waals surface area (Å²) in [6.07, 6.45) is -12.5. The van der Waals surface area contributed by atoms with Gasteiger partial charge in [-0.2, -0.15) is 26.3 Å². The Labute approximate surface area is 98.9 Å². The van der Waals surface area contributed by atoms with E-state index in [9.17, 15) is 30.7 Å². The van der Waals surface area contributed by atoms with Crippen molar-refractivity contribution in [3.63, 3.8) is 0 Å². The quantitative estimate of drug-likeness (QED) is 0.500. The molecule has 0 spiro atoms. The van der Waals surface area contributed by atoms with Crippen molar-refractivity contribution >= 4 is 12.3 Å². The van der Waals surface area contributed by atoms with Gasteiger partial charge in [0.05, 0.1) is 0 Å². The lowest BCUT2D eigenvalue weighted by Gasteiger charge is -1.69. The second-order valence-electron chi connectivity index (χ2n) is 1.48. The molecule has 0 aliphatic heterocycles. The van der Waals surface area contributed by atoms with Crippen LogP contribution >= 0.6 is 0 Å². The molecule has 0 unspecified atom stereocenters. The second kappa shape index (κ2) is 17.9. The van der Waals surface area contributed by atoms with Gasteiger partial charge < -0.3 is 20.4 Å². The van der Waals surface area contributed by atoms with E-state index in [2.05, 4.69) is 0 Å². The van der Waals surface area contributed by atoms with Crippen molar-refractivity contribution in [2.24, 2.45) is 0 Å². The summed E-state index contributed by atoms with van der Waals surface area (Å²) in [6.45, 7) is 0. The van der Waals surface area contributed by atoms with Crippen LogP contribution in [0.2, 0.25) is 0 Å². The molecule has 4 N–H and O–H groups in total. The molecule has 0 aliphatic carbocycles. The minimum atomic E-state index is -2.91. The van der Waals surface area contributed by atoms with Crippen LogP contribution in [-0.4, -0.2) is 32.7 Å². The number of carbonyl (C=O) groups is 2. The number of hydrogen-bond donors (Lipinski definition) is 4. The third-order valence-electron chi connectivity index (χ3n) is 0.225. The molecule has 0 heterocycles. The van der Waals surface area contributed by atoms with Crippen molar-refractivity contribution in [3.05, 3.63) is 24.6 Å². The molecule has 0 bridgehead atoms. The standard InChI is InChI=1S/C2F4.C2HF3.2CH2O3/c3-1(4)2(5)6;3-1-2(4)5;2*2-1(3)4/h;1H;2*(H2,2,3,4). The Morgan fingerprint density at radius 2 is 0.789 bits per heavy atom. The van der Waals surface area contributed by atoms with E-state index >= 15 is 0 Å². The van der Waals surface area contributed by atoms with Crippen LogP contribution in [0, 0.1) is 0 Å². The lowest BCUT2D eigenvalue weighted by molar-refractivity contribution is 0.135. The van der Waals surface area contributed by atoms with Crippen molar-refractivity contribution < 1.29 is 60.7 Å². The predicted molar refractivity (Wildman–Crippen MR) is 44.2 cm³/mol. The van der Waals surface area contributed by atoms with E-state index in [-0.39, 0.29) is 0 Å². The van der Waals surface area contributed by atoms with E-state index < -0.39 is 36.9 Å². The average Bonchev–Trinajstić information content (AvgIpc) is 2.16. The first-order chi connectivity index (χ1) is 8.38. The number of hydrogen-bond acceptors (Lipinski definition) is 2. The molecule has 0 atom stereocenters. The van der Waals surface area contributed by atoms with Gasteiger partial charge in [0.2, 0.25) is 0 Å². The Balaban J connectivity index is -0.0000000803. The van der Waals surface area contributed by atoms with Gasteiger partial charge >= 0.3 is 24.5 Å². The fourth-order valence-corrected chi connectivity index (χ4v) is 0. The zero-order valence-corrected chi connectivity index (χ0v) is 8.33. The van der Waals surface area contributed by atoms with Crippen LogP contribution < -0.4 is 0 Å². The van der Waals surface area contributed by atoms with Crippen molar-refractivity contribution in [3.8, 4) is 0 Å². The molecule has 0 fully saturated rings. The van der Waals surface area contributed by atoms with Gasteiger partial charge in [-0.1, -0.05) is 0 Å². The summed E-state index contributed by atoms with van der Waals surface area (Å²) in [6, 6.07) is 0. The van der Waals surface area contributed by atoms with Gasteiger partial charge in [-0.25, -0.2) is 14.0 Å². The lowest BCUT2D eigenvalue weighted by atomic mass is 11.1. The molecule has 0 radical (unpaired) electrons. The third kappa shape index (κ3) is 228. The molecular formula is C6H5F7O6. The molecule has 0 amide bonds. The average molecular weight is 306 g/mol. The van der Waals surface area contributed by atoms with Gasteiger partial charge in [0.15, 0.2) is 6.33 Å². The summed E-state index contributed by atoms with van der Waals surface area (Å²) in [5.74, 6) is 0. The maximum atomic E-state index is 10.3. The molecule has 0 aromatic rings. The smallest absolute Gasteiger partial charge is 0.450 e. The summed E-state index contributed by atoms with van der Waals surface area (Å²) in [5, 5.41) is 27.9. The van der Waals surface area contributed by atoms with Gasteiger partial charge in [0.1, 0.15) is 0 Å². The number of carboxylic acid groups (broad SMARTS) is 4. The first kappa shape index (κ1) is 25.4. The van der Waals surface area contributed by atoms with E-state index in [0.717, 1.165) is 0 Å². The molecule has 6 nitrogen and oxygen atoms in total. The van der Waals surface area contributed by atoms with Gasteiger partial charge in [0.25, 0.3) is 6.08 Å². The van der Waals surface area contributed by atoms with E-state index in [1.807, 2.05) is 0 Å². The number of halogens is 7. The molecule has 0 saturated carbocycles. The monoisotopic (exact) mass is 306 g/mol. The number of rotatable bonds is 0. The Morgan fingerprint density at radius 1 is 0.684 bits per heavy atom. The minimum absolute atomic E-state index is 0.750. The molecule has 114 valence electrons. The van der Waals surface area contributed by atoms with Crippen LogP contribution in [0.3, 0.4) is 0 Å². The van der Waals surface area contributed by atoms with E-state index in [1.165, 1.54) is 0 Å². The minimum Gasteiger partial charge on any atom is -0.450 e. The van der Waals surface area contributed by atoms with Crippen LogP contribution in [0.4, 0.5) is 40.3 Å². The molecule has 0 aliphatic rings. The SMILES string of the molecule is FC(F)=C(F)F.FC=C(F)F.O=C(O)O.O=C(O)O. The highest BCUT2D eigenvalue weighted by Gasteiger charge is 1.98. The fourth-order valence-electron chi connectivity index (χ4n) is 0. The van der Waals surface area contributed by atoms with Crippen LogP contribution in [0.1, 0.15) is 0 Å². The van der Waals surface area contributed by atoms with Crippen LogP contribution in [-0.2, 0) is 0 Å². The molecule has 0 rings (SSSR count). The fraction of sp³-hybridized carbons (Fsp3) is 0. The largest absolute Gasteiger partial charge is 0.503 e. The Hall–Kier alpha value is -2.47. The third-order valence-corrected chi connectivity index (χ3v) is 0.225. The van der Waals surface area contributed by atoms with Gasteiger partial charge in [0, 0.05) is 0 Å². The van der Waals surface area contributed by atoms with Crippen molar-refractivity contribution in [2.45, 2.75) is 0 Å². The molecular weight excluding hydrogens is 301 g/mol. The van der Waals surface area contributed by atoms with Crippen molar-refractivity contribution in [2.75, 3.05) is 0 Å². The highest BCUT2D eigenvalue weighted by atomic mass is 19.3. The normalized spacial score (nSPS) is 6.89. The molecule has 0 saturated heterocycles. The van der Waals surface area contributed by atoms with Gasteiger partial charge in [-0.3, -0.25) is 0 Å². The predicted octanol–water partition coefficient (Wildman–Crippen LogP) is 4.13. The Bertz CT molecular complexity index is 273. The summed E-state index contributed by atoms with van der Waals surface area (Å²) in [7, 11) is 0. The first-order valence-electron chi connectivity index (χ1n) is 3.19. The van der Waals surface area contributed by atoms with E-state index in [0.29, 0.717) is 0 Å². The first-order valence-corrected chi connectivity index (χ1v) is 3.19. The Kier molecular flexibility index (Phi) is 23.9. The lowest BCUT2D eigenvalue weighted by Crippen LogP contribution is -1.81. The highest BCUT2D eigenvalue weighted by molar-refractivity contribution is 5.53. The molecule has 19 heavy (non-hydrogen) atoms. The van der Waals surface area contributed by atoms with Crippen LogP contribution in [0.5, 0.6) is 0 Å². The zero-order valence-electron chi connectivity index (χ0n) is 8.33. The van der Waals surface area contributed by atoms with Gasteiger partial charge in [-0.05, 0) is 0 Å². The topological polar surface area (TPSA) is 115 Å². The van der Waals surface area contributed by atoms with Gasteiger partial charge in [-0.15, -0.1) is 0 Å². The van der Waals surface area contributed by atoms with Crippen LogP contribution in [0.15, 0.2) is 24.6 Å². The second-order valence-corrected chi connectivity index (χ2v) is 1.48. The molecule has 13 heteroatoms. The summed E-state index contributed by atoms with van der Waals surface area (Å²) < 4.78 is 71.9.